The summed E-state index contributed by atoms with van der Waals surface area (Å²) in [5, 5.41) is 6.18. The van der Waals surface area contributed by atoms with Gasteiger partial charge in [-0.3, -0.25) is 19.1 Å². The van der Waals surface area contributed by atoms with E-state index >= 15 is 0 Å². The molecular formula is C28H26FN5O5. The van der Waals surface area contributed by atoms with Crippen molar-refractivity contribution < 1.29 is 23.5 Å². The molecule has 2 N–H and O–H groups in total. The Morgan fingerprint density at radius 2 is 1.72 bits per heavy atom. The Balaban J connectivity index is 1.39. The summed E-state index contributed by atoms with van der Waals surface area (Å²) in [6.07, 6.45) is 1.31. The van der Waals surface area contributed by atoms with Crippen LogP contribution in [-0.2, 0) is 23.2 Å². The molecule has 0 fully saturated rings. The number of aromatic nitrogens is 2. The highest BCUT2D eigenvalue weighted by Gasteiger charge is 2.21. The number of carbonyl (C=O) groups is 2. The van der Waals surface area contributed by atoms with Crippen LogP contribution in [0.15, 0.2) is 82.7 Å². The average Bonchev–Trinajstić information content (AvgIpc) is 3.16. The van der Waals surface area contributed by atoms with Crippen molar-refractivity contribution >= 4 is 23.7 Å². The summed E-state index contributed by atoms with van der Waals surface area (Å²) in [7, 11) is 3.13. The standard InChI is InChI=1S/C28H26FN5O5/c1-18-25(28(37)34(33(18)2)21-10-5-4-6-11-21)31-26(35)27(36)32-30-16-19-13-14-23(24(15-19)38-3)39-17-20-9-7-8-12-22(20)29/h4-16H,17H2,1-3H3,(H,31,35)(H,32,36)/b30-16+. The zero-order chi connectivity index (χ0) is 27.9. The van der Waals surface area contributed by atoms with Gasteiger partial charge in [-0.25, -0.2) is 14.5 Å². The average molecular weight is 532 g/mol. The SMILES string of the molecule is COc1cc(/C=N/NC(=O)C(=O)Nc2c(C)n(C)n(-c3ccccc3)c2=O)ccc1OCc1ccccc1F. The van der Waals surface area contributed by atoms with Crippen molar-refractivity contribution in [3.8, 4) is 17.2 Å². The van der Waals surface area contributed by atoms with Gasteiger partial charge in [-0.1, -0.05) is 36.4 Å². The van der Waals surface area contributed by atoms with Gasteiger partial charge in [0.25, 0.3) is 5.56 Å². The first-order chi connectivity index (χ1) is 18.8. The molecule has 0 spiro atoms. The predicted octanol–water partition coefficient (Wildman–Crippen LogP) is 3.30. The summed E-state index contributed by atoms with van der Waals surface area (Å²) in [6.45, 7) is 1.67. The van der Waals surface area contributed by atoms with Gasteiger partial charge >= 0.3 is 11.8 Å². The van der Waals surface area contributed by atoms with Crippen LogP contribution in [0, 0.1) is 12.7 Å². The lowest BCUT2D eigenvalue weighted by Crippen LogP contribution is -2.34. The van der Waals surface area contributed by atoms with E-state index in [4.69, 9.17) is 9.47 Å². The number of hydrogen-bond acceptors (Lipinski definition) is 6. The molecule has 0 aliphatic carbocycles. The molecule has 10 nitrogen and oxygen atoms in total. The topological polar surface area (TPSA) is 116 Å². The van der Waals surface area contributed by atoms with Crippen LogP contribution in [0.3, 0.4) is 0 Å². The summed E-state index contributed by atoms with van der Waals surface area (Å²) < 4.78 is 27.8. The minimum atomic E-state index is -1.06. The first-order valence-corrected chi connectivity index (χ1v) is 11.8. The van der Waals surface area contributed by atoms with Gasteiger partial charge in [0.2, 0.25) is 0 Å². The van der Waals surface area contributed by atoms with Crippen molar-refractivity contribution in [3.63, 3.8) is 0 Å². The fraction of sp³-hybridized carbons (Fsp3) is 0.143. The Hall–Kier alpha value is -5.19. The normalized spacial score (nSPS) is 10.9. The maximum atomic E-state index is 13.8. The van der Waals surface area contributed by atoms with Crippen LogP contribution >= 0.6 is 0 Å². The highest BCUT2D eigenvalue weighted by molar-refractivity contribution is 6.39. The molecule has 0 bridgehead atoms. The number of ether oxygens (including phenoxy) is 2. The van der Waals surface area contributed by atoms with Gasteiger partial charge < -0.3 is 14.8 Å². The molecule has 2 amide bonds. The van der Waals surface area contributed by atoms with Crippen LogP contribution in [0.5, 0.6) is 11.5 Å². The second kappa shape index (κ2) is 11.9. The number of benzene rings is 3. The van der Waals surface area contributed by atoms with Crippen LogP contribution in [0.2, 0.25) is 0 Å². The molecule has 200 valence electrons. The molecule has 0 atom stereocenters. The fourth-order valence-electron chi connectivity index (χ4n) is 3.75. The van der Waals surface area contributed by atoms with E-state index in [0.717, 1.165) is 0 Å². The molecule has 11 heteroatoms. The van der Waals surface area contributed by atoms with E-state index < -0.39 is 17.4 Å². The van der Waals surface area contributed by atoms with Gasteiger partial charge in [0.05, 0.1) is 24.7 Å². The van der Waals surface area contributed by atoms with Crippen LogP contribution < -0.4 is 25.8 Å². The number of halogens is 1. The second-order valence-corrected chi connectivity index (χ2v) is 8.38. The van der Waals surface area contributed by atoms with E-state index in [-0.39, 0.29) is 18.1 Å². The van der Waals surface area contributed by atoms with Gasteiger partial charge in [-0.2, -0.15) is 5.10 Å². The highest BCUT2D eigenvalue weighted by atomic mass is 19.1. The molecule has 3 aromatic carbocycles. The number of nitrogens with zero attached hydrogens (tertiary/aromatic N) is 3. The summed E-state index contributed by atoms with van der Waals surface area (Å²) in [5.74, 6) is -1.72. The lowest BCUT2D eigenvalue weighted by molar-refractivity contribution is -0.136. The third kappa shape index (κ3) is 6.04. The third-order valence-corrected chi connectivity index (χ3v) is 5.91. The van der Waals surface area contributed by atoms with E-state index in [9.17, 15) is 18.8 Å². The lowest BCUT2D eigenvalue weighted by atomic mass is 10.2. The van der Waals surface area contributed by atoms with E-state index in [1.165, 1.54) is 24.1 Å². The first-order valence-electron chi connectivity index (χ1n) is 11.8. The molecule has 0 saturated heterocycles. The molecule has 1 heterocycles. The molecule has 4 rings (SSSR count). The smallest absolute Gasteiger partial charge is 0.329 e. The molecular weight excluding hydrogens is 505 g/mol. The minimum Gasteiger partial charge on any atom is -0.493 e. The monoisotopic (exact) mass is 531 g/mol. The Morgan fingerprint density at radius 3 is 2.44 bits per heavy atom. The van der Waals surface area contributed by atoms with E-state index in [0.29, 0.717) is 34.0 Å². The zero-order valence-corrected chi connectivity index (χ0v) is 21.5. The summed E-state index contributed by atoms with van der Waals surface area (Å²) in [5.41, 5.74) is 3.67. The number of amides is 2. The summed E-state index contributed by atoms with van der Waals surface area (Å²) >= 11 is 0. The number of rotatable bonds is 8. The maximum absolute atomic E-state index is 13.8. The lowest BCUT2D eigenvalue weighted by Gasteiger charge is -2.11. The molecule has 0 unspecified atom stereocenters. The number of hydrogen-bond donors (Lipinski definition) is 2. The van der Waals surface area contributed by atoms with Gasteiger partial charge in [-0.05, 0) is 48.9 Å². The zero-order valence-electron chi connectivity index (χ0n) is 21.5. The minimum absolute atomic E-state index is 0.0128. The highest BCUT2D eigenvalue weighted by Crippen LogP contribution is 2.28. The van der Waals surface area contributed by atoms with Gasteiger partial charge in [-0.15, -0.1) is 0 Å². The number of carbonyl (C=O) groups excluding carboxylic acids is 2. The summed E-state index contributed by atoms with van der Waals surface area (Å²) in [4.78, 5) is 37.7. The molecule has 0 radical (unpaired) electrons. The number of methoxy groups -OCH3 is 1. The van der Waals surface area contributed by atoms with Crippen molar-refractivity contribution in [1.82, 2.24) is 14.8 Å². The second-order valence-electron chi connectivity index (χ2n) is 8.38. The third-order valence-electron chi connectivity index (χ3n) is 5.91. The molecule has 39 heavy (non-hydrogen) atoms. The van der Waals surface area contributed by atoms with Crippen LogP contribution in [0.25, 0.3) is 5.69 Å². The Bertz CT molecular complexity index is 1590. The first kappa shape index (κ1) is 26.9. The van der Waals surface area contributed by atoms with Crippen molar-refractivity contribution in [2.45, 2.75) is 13.5 Å². The van der Waals surface area contributed by atoms with Crippen LogP contribution in [0.1, 0.15) is 16.8 Å². The molecule has 4 aromatic rings. The number of para-hydroxylation sites is 1. The van der Waals surface area contributed by atoms with Crippen molar-refractivity contribution in [1.29, 1.82) is 0 Å². The molecule has 1 aromatic heterocycles. The van der Waals surface area contributed by atoms with Crippen molar-refractivity contribution in [2.75, 3.05) is 12.4 Å². The van der Waals surface area contributed by atoms with Crippen molar-refractivity contribution in [2.24, 2.45) is 12.1 Å². The predicted molar refractivity (Wildman–Crippen MR) is 144 cm³/mol. The Morgan fingerprint density at radius 1 is 1.00 bits per heavy atom. The fourth-order valence-corrected chi connectivity index (χ4v) is 3.75. The van der Waals surface area contributed by atoms with E-state index in [2.05, 4.69) is 15.8 Å². The van der Waals surface area contributed by atoms with E-state index in [1.54, 1.807) is 79.3 Å². The molecule has 0 aliphatic rings. The van der Waals surface area contributed by atoms with Gasteiger partial charge in [0.15, 0.2) is 11.5 Å². The van der Waals surface area contributed by atoms with Crippen molar-refractivity contribution in [3.05, 3.63) is 106 Å². The summed E-state index contributed by atoms with van der Waals surface area (Å²) in [6, 6.07) is 20.1. The Kier molecular flexibility index (Phi) is 8.20. The van der Waals surface area contributed by atoms with Gasteiger partial charge in [0.1, 0.15) is 18.1 Å². The molecule has 0 saturated carbocycles. The molecule has 0 aliphatic heterocycles. The largest absolute Gasteiger partial charge is 0.493 e. The Labute approximate surface area is 223 Å². The number of nitrogens with one attached hydrogen (secondary N) is 2. The van der Waals surface area contributed by atoms with Crippen LogP contribution in [-0.4, -0.2) is 34.5 Å². The van der Waals surface area contributed by atoms with E-state index in [1.807, 2.05) is 6.07 Å². The maximum Gasteiger partial charge on any atom is 0.329 e. The number of anilines is 1. The van der Waals surface area contributed by atoms with Gasteiger partial charge in [0, 0.05) is 12.6 Å². The van der Waals surface area contributed by atoms with Crippen LogP contribution in [0.4, 0.5) is 10.1 Å². The quantitative estimate of drug-likeness (QED) is 0.206. The number of hydrazone groups is 1.